The molecule has 3 unspecified atom stereocenters. The first-order chi connectivity index (χ1) is 9.20. The Morgan fingerprint density at radius 1 is 1.37 bits per heavy atom. The van der Waals surface area contributed by atoms with Gasteiger partial charge in [0.15, 0.2) is 0 Å². The first kappa shape index (κ1) is 14.9. The highest BCUT2D eigenvalue weighted by atomic mass is 32.2. The van der Waals surface area contributed by atoms with E-state index in [9.17, 15) is 0 Å². The van der Waals surface area contributed by atoms with E-state index in [0.717, 1.165) is 18.8 Å². The minimum atomic E-state index is 0.217. The molecular weight excluding hydrogens is 254 g/mol. The van der Waals surface area contributed by atoms with Crippen molar-refractivity contribution in [3.63, 3.8) is 0 Å². The highest BCUT2D eigenvalue weighted by Gasteiger charge is 2.22. The van der Waals surface area contributed by atoms with E-state index in [1.807, 2.05) is 11.8 Å². The number of benzene rings is 1. The van der Waals surface area contributed by atoms with Gasteiger partial charge in [-0.05, 0) is 31.7 Å². The van der Waals surface area contributed by atoms with Crippen LogP contribution in [0.5, 0.6) is 0 Å². The second-order valence-corrected chi connectivity index (χ2v) is 6.55. The van der Waals surface area contributed by atoms with Crippen LogP contribution >= 0.6 is 11.8 Å². The SMILES string of the molecule is CCC(N)C(SCC1CCCO1)c1ccc(C)cc1. The molecule has 1 aromatic carbocycles. The average Bonchev–Trinajstić information content (AvgIpc) is 2.93. The summed E-state index contributed by atoms with van der Waals surface area (Å²) >= 11 is 1.96. The molecule has 1 aliphatic heterocycles. The molecule has 1 aliphatic rings. The normalized spacial score (nSPS) is 22.4. The molecule has 0 radical (unpaired) electrons. The number of hydrogen-bond donors (Lipinski definition) is 1. The van der Waals surface area contributed by atoms with E-state index in [1.165, 1.54) is 24.0 Å². The van der Waals surface area contributed by atoms with Crippen LogP contribution in [0.3, 0.4) is 0 Å². The van der Waals surface area contributed by atoms with Crippen molar-refractivity contribution in [2.75, 3.05) is 12.4 Å². The molecular formula is C16H25NOS. The van der Waals surface area contributed by atoms with Gasteiger partial charge in [0.1, 0.15) is 0 Å². The summed E-state index contributed by atoms with van der Waals surface area (Å²) in [5.41, 5.74) is 8.96. The molecule has 0 saturated carbocycles. The van der Waals surface area contributed by atoms with Gasteiger partial charge in [-0.2, -0.15) is 0 Å². The molecule has 0 amide bonds. The van der Waals surface area contributed by atoms with Crippen LogP contribution in [0.2, 0.25) is 0 Å². The molecule has 1 fully saturated rings. The smallest absolute Gasteiger partial charge is 0.0666 e. The van der Waals surface area contributed by atoms with Gasteiger partial charge in [0.25, 0.3) is 0 Å². The summed E-state index contributed by atoms with van der Waals surface area (Å²) < 4.78 is 5.71. The lowest BCUT2D eigenvalue weighted by Crippen LogP contribution is -2.27. The number of nitrogens with two attached hydrogens (primary N) is 1. The molecule has 2 nitrogen and oxygen atoms in total. The van der Waals surface area contributed by atoms with Crippen LogP contribution in [0.25, 0.3) is 0 Å². The molecule has 106 valence electrons. The number of ether oxygens (including phenoxy) is 1. The third-order valence-corrected chi connectivity index (χ3v) is 5.30. The summed E-state index contributed by atoms with van der Waals surface area (Å²) in [6.07, 6.45) is 3.86. The van der Waals surface area contributed by atoms with Gasteiger partial charge in [-0.25, -0.2) is 0 Å². The molecule has 2 N–H and O–H groups in total. The first-order valence-electron chi connectivity index (χ1n) is 7.26. The molecule has 0 aromatic heterocycles. The second kappa shape index (κ2) is 7.32. The summed E-state index contributed by atoms with van der Waals surface area (Å²) in [4.78, 5) is 0. The monoisotopic (exact) mass is 279 g/mol. The van der Waals surface area contributed by atoms with Crippen LogP contribution in [-0.2, 0) is 4.74 Å². The predicted molar refractivity (Wildman–Crippen MR) is 83.6 cm³/mol. The molecule has 0 bridgehead atoms. The van der Waals surface area contributed by atoms with Crippen molar-refractivity contribution in [3.8, 4) is 0 Å². The van der Waals surface area contributed by atoms with Crippen molar-refractivity contribution in [1.29, 1.82) is 0 Å². The molecule has 0 spiro atoms. The number of hydrogen-bond acceptors (Lipinski definition) is 3. The highest BCUT2D eigenvalue weighted by Crippen LogP contribution is 2.34. The van der Waals surface area contributed by atoms with E-state index >= 15 is 0 Å². The van der Waals surface area contributed by atoms with E-state index in [-0.39, 0.29) is 6.04 Å². The maximum atomic E-state index is 6.31. The molecule has 2 rings (SSSR count). The Morgan fingerprint density at radius 2 is 2.11 bits per heavy atom. The third-order valence-electron chi connectivity index (χ3n) is 3.75. The molecule has 1 saturated heterocycles. The molecule has 0 aliphatic carbocycles. The van der Waals surface area contributed by atoms with Gasteiger partial charge in [-0.15, -0.1) is 11.8 Å². The average molecular weight is 279 g/mol. The first-order valence-corrected chi connectivity index (χ1v) is 8.31. The maximum absolute atomic E-state index is 6.31. The minimum Gasteiger partial charge on any atom is -0.377 e. The second-order valence-electron chi connectivity index (χ2n) is 5.37. The van der Waals surface area contributed by atoms with Gasteiger partial charge >= 0.3 is 0 Å². The Balaban J connectivity index is 2.00. The standard InChI is InChI=1S/C16H25NOS/c1-3-15(17)16(13-8-6-12(2)7-9-13)19-11-14-5-4-10-18-14/h6-9,14-16H,3-5,10-11,17H2,1-2H3. The summed E-state index contributed by atoms with van der Waals surface area (Å²) in [7, 11) is 0. The topological polar surface area (TPSA) is 35.2 Å². The van der Waals surface area contributed by atoms with Crippen molar-refractivity contribution < 1.29 is 4.74 Å². The fourth-order valence-corrected chi connectivity index (χ4v) is 3.90. The number of thioether (sulfide) groups is 1. The van der Waals surface area contributed by atoms with Crippen LogP contribution in [0.4, 0.5) is 0 Å². The Morgan fingerprint density at radius 3 is 2.68 bits per heavy atom. The van der Waals surface area contributed by atoms with Crippen LogP contribution in [0.1, 0.15) is 42.6 Å². The van der Waals surface area contributed by atoms with E-state index < -0.39 is 0 Å². The van der Waals surface area contributed by atoms with Gasteiger partial charge in [-0.1, -0.05) is 36.8 Å². The van der Waals surface area contributed by atoms with Crippen molar-refractivity contribution in [2.45, 2.75) is 50.5 Å². The Labute approximate surface area is 121 Å². The molecule has 1 aromatic rings. The Hall–Kier alpha value is -0.510. The molecule has 3 atom stereocenters. The van der Waals surface area contributed by atoms with E-state index in [1.54, 1.807) is 0 Å². The zero-order valence-electron chi connectivity index (χ0n) is 12.0. The van der Waals surface area contributed by atoms with E-state index in [0.29, 0.717) is 11.4 Å². The Bertz CT molecular complexity index is 373. The summed E-state index contributed by atoms with van der Waals surface area (Å²) in [5.74, 6) is 1.06. The summed E-state index contributed by atoms with van der Waals surface area (Å²) in [6, 6.07) is 9.01. The molecule has 1 heterocycles. The quantitative estimate of drug-likeness (QED) is 0.862. The minimum absolute atomic E-state index is 0.217. The predicted octanol–water partition coefficient (Wildman–Crippen LogP) is 3.69. The van der Waals surface area contributed by atoms with E-state index in [4.69, 9.17) is 10.5 Å². The van der Waals surface area contributed by atoms with Gasteiger partial charge in [0.05, 0.1) is 6.10 Å². The van der Waals surface area contributed by atoms with Gasteiger partial charge in [0, 0.05) is 23.7 Å². The van der Waals surface area contributed by atoms with Crippen LogP contribution in [0, 0.1) is 6.92 Å². The van der Waals surface area contributed by atoms with Crippen LogP contribution in [0.15, 0.2) is 24.3 Å². The highest BCUT2D eigenvalue weighted by molar-refractivity contribution is 7.99. The fraction of sp³-hybridized carbons (Fsp3) is 0.625. The van der Waals surface area contributed by atoms with Gasteiger partial charge in [0.2, 0.25) is 0 Å². The fourth-order valence-electron chi connectivity index (χ4n) is 2.42. The maximum Gasteiger partial charge on any atom is 0.0666 e. The van der Waals surface area contributed by atoms with Crippen molar-refractivity contribution in [1.82, 2.24) is 0 Å². The van der Waals surface area contributed by atoms with Crippen molar-refractivity contribution in [2.24, 2.45) is 5.73 Å². The van der Waals surface area contributed by atoms with Crippen molar-refractivity contribution in [3.05, 3.63) is 35.4 Å². The lowest BCUT2D eigenvalue weighted by molar-refractivity contribution is 0.128. The lowest BCUT2D eigenvalue weighted by atomic mass is 10.0. The zero-order chi connectivity index (χ0) is 13.7. The lowest BCUT2D eigenvalue weighted by Gasteiger charge is -2.24. The number of aryl methyl sites for hydroxylation is 1. The summed E-state index contributed by atoms with van der Waals surface area (Å²) in [5, 5.41) is 0.384. The largest absolute Gasteiger partial charge is 0.377 e. The molecule has 3 heteroatoms. The van der Waals surface area contributed by atoms with Crippen molar-refractivity contribution >= 4 is 11.8 Å². The van der Waals surface area contributed by atoms with Gasteiger partial charge < -0.3 is 10.5 Å². The van der Waals surface area contributed by atoms with Crippen LogP contribution in [-0.4, -0.2) is 24.5 Å². The molecule has 19 heavy (non-hydrogen) atoms. The third kappa shape index (κ3) is 4.23. The number of rotatable bonds is 6. The van der Waals surface area contributed by atoms with Crippen LogP contribution < -0.4 is 5.73 Å². The summed E-state index contributed by atoms with van der Waals surface area (Å²) in [6.45, 7) is 5.22. The Kier molecular flexibility index (Phi) is 5.74. The van der Waals surface area contributed by atoms with E-state index in [2.05, 4.69) is 38.1 Å². The van der Waals surface area contributed by atoms with Gasteiger partial charge in [-0.3, -0.25) is 0 Å². The zero-order valence-corrected chi connectivity index (χ0v) is 12.8.